The molecule has 0 heterocycles. The average Bonchev–Trinajstić information content (AvgIpc) is 3.03. The number of rotatable bonds is 3. The summed E-state index contributed by atoms with van der Waals surface area (Å²) in [4.78, 5) is 4.32. The van der Waals surface area contributed by atoms with E-state index in [1.807, 2.05) is 20.8 Å². The highest BCUT2D eigenvalue weighted by Gasteiger charge is 2.42. The number of aliphatic imine (C=N–C) groups is 1. The van der Waals surface area contributed by atoms with Crippen LogP contribution in [0.25, 0.3) is 0 Å². The predicted octanol–water partition coefficient (Wildman–Crippen LogP) is 3.76. The Morgan fingerprint density at radius 2 is 1.87 bits per heavy atom. The van der Waals surface area contributed by atoms with Gasteiger partial charge >= 0.3 is 6.36 Å². The Morgan fingerprint density at radius 3 is 2.43 bits per heavy atom. The molecule has 2 unspecified atom stereocenters. The zero-order chi connectivity index (χ0) is 16.5. The number of nitrogens with one attached hydrogen (secondary N) is 1. The van der Waals surface area contributed by atoms with E-state index in [0.717, 1.165) is 0 Å². The van der Waals surface area contributed by atoms with E-state index < -0.39 is 6.36 Å². The van der Waals surface area contributed by atoms with Crippen LogP contribution in [-0.4, -0.2) is 23.9 Å². The summed E-state index contributed by atoms with van der Waals surface area (Å²) in [5.41, 5.74) is 6.11. The van der Waals surface area contributed by atoms with Gasteiger partial charge in [-0.3, -0.25) is 0 Å². The molecule has 4 nitrogen and oxygen atoms in total. The van der Waals surface area contributed by atoms with E-state index in [9.17, 15) is 13.2 Å². The highest BCUT2D eigenvalue weighted by Crippen LogP contribution is 2.47. The van der Waals surface area contributed by atoms with Crippen molar-refractivity contribution in [3.05, 3.63) is 29.8 Å². The van der Waals surface area contributed by atoms with Crippen molar-refractivity contribution in [1.82, 2.24) is 5.32 Å². The van der Waals surface area contributed by atoms with E-state index in [1.165, 1.54) is 12.1 Å². The summed E-state index contributed by atoms with van der Waals surface area (Å²) in [6, 6.07) is 6.04. The third kappa shape index (κ3) is 6.44. The van der Waals surface area contributed by atoms with Crippen LogP contribution in [0.1, 0.15) is 38.7 Å². The summed E-state index contributed by atoms with van der Waals surface area (Å²) in [7, 11) is 0. The maximum absolute atomic E-state index is 12.4. The summed E-state index contributed by atoms with van der Waals surface area (Å²) in [5.74, 6) is 0.0353. The van der Waals surface area contributed by atoms with Gasteiger partial charge in [0.2, 0.25) is 0 Å². The first-order chi connectivity index (χ1) is 10.1. The third-order valence-electron chi connectivity index (χ3n) is 3.11. The molecule has 1 aliphatic rings. The summed E-state index contributed by atoms with van der Waals surface area (Å²) < 4.78 is 41.3. The Bertz CT molecular complexity index is 570. The lowest BCUT2D eigenvalue weighted by Gasteiger charge is -2.21. The molecule has 0 bridgehead atoms. The van der Waals surface area contributed by atoms with Crippen LogP contribution < -0.4 is 15.8 Å². The topological polar surface area (TPSA) is 59.6 Å². The number of nitrogens with two attached hydrogens (primary N) is 1. The van der Waals surface area contributed by atoms with E-state index in [0.29, 0.717) is 17.9 Å². The van der Waals surface area contributed by atoms with Gasteiger partial charge in [0.15, 0.2) is 5.96 Å². The summed E-state index contributed by atoms with van der Waals surface area (Å²) in [6.07, 6.45) is -4.04. The molecule has 1 aromatic carbocycles. The lowest BCUT2D eigenvalue weighted by molar-refractivity contribution is -0.274. The first-order valence-electron chi connectivity index (χ1n) is 7.01. The fraction of sp³-hybridized carbons (Fsp3) is 0.533. The quantitative estimate of drug-likeness (QED) is 0.425. The van der Waals surface area contributed by atoms with Gasteiger partial charge in [-0.15, -0.1) is 37.1 Å². The smallest absolute Gasteiger partial charge is 0.405 e. The van der Waals surface area contributed by atoms with Crippen molar-refractivity contribution >= 4 is 29.9 Å². The first kappa shape index (κ1) is 19.9. The van der Waals surface area contributed by atoms with Crippen LogP contribution >= 0.6 is 24.0 Å². The zero-order valence-electron chi connectivity index (χ0n) is 13.1. The number of hydrogen-bond donors (Lipinski definition) is 2. The van der Waals surface area contributed by atoms with Crippen LogP contribution in [0.15, 0.2) is 29.3 Å². The molecule has 8 heteroatoms. The lowest BCUT2D eigenvalue weighted by atomic mass is 10.1. The van der Waals surface area contributed by atoms with Crippen molar-refractivity contribution in [3.63, 3.8) is 0 Å². The first-order valence-corrected chi connectivity index (χ1v) is 7.01. The molecule has 0 aromatic heterocycles. The number of para-hydroxylation sites is 1. The molecule has 0 amide bonds. The molecular formula is C15H21F3IN3O. The number of hydrogen-bond acceptors (Lipinski definition) is 2. The van der Waals surface area contributed by atoms with E-state index in [-0.39, 0.29) is 47.2 Å². The number of halogens is 4. The molecule has 1 aliphatic carbocycles. The molecule has 130 valence electrons. The number of ether oxygens (including phenoxy) is 1. The van der Waals surface area contributed by atoms with Crippen LogP contribution in [-0.2, 0) is 0 Å². The summed E-state index contributed by atoms with van der Waals surface area (Å²) >= 11 is 0. The molecule has 0 aliphatic heterocycles. The molecule has 0 saturated heterocycles. The van der Waals surface area contributed by atoms with Crippen LogP contribution in [0.3, 0.4) is 0 Å². The van der Waals surface area contributed by atoms with E-state index >= 15 is 0 Å². The fourth-order valence-corrected chi connectivity index (χ4v) is 2.26. The number of guanidine groups is 1. The standard InChI is InChI=1S/C15H20F3N3O.HI/c1-14(2,3)21-13(19)20-11-8-10(11)9-6-4-5-7-12(9)22-15(16,17)18;/h4-7,10-11H,8H2,1-3H3,(H3,19,20,21);1H. The van der Waals surface area contributed by atoms with Crippen LogP contribution in [0, 0.1) is 0 Å². The number of nitrogens with zero attached hydrogens (tertiary/aromatic N) is 1. The normalized spacial score (nSPS) is 21.4. The Labute approximate surface area is 150 Å². The van der Waals surface area contributed by atoms with Crippen molar-refractivity contribution < 1.29 is 17.9 Å². The number of alkyl halides is 3. The molecule has 1 aromatic rings. The van der Waals surface area contributed by atoms with Gasteiger partial charge in [0.25, 0.3) is 0 Å². The zero-order valence-corrected chi connectivity index (χ0v) is 15.5. The second kappa shape index (κ2) is 7.14. The Kier molecular flexibility index (Phi) is 6.17. The van der Waals surface area contributed by atoms with E-state index in [1.54, 1.807) is 12.1 Å². The highest BCUT2D eigenvalue weighted by atomic mass is 127. The average molecular weight is 443 g/mol. The minimum atomic E-state index is -4.70. The summed E-state index contributed by atoms with van der Waals surface area (Å²) in [6.45, 7) is 5.85. The Hall–Kier alpha value is -1.19. The minimum Gasteiger partial charge on any atom is -0.405 e. The molecule has 2 atom stereocenters. The SMILES string of the molecule is CC(C)(C)NC(N)=NC1CC1c1ccccc1OC(F)(F)F.I. The van der Waals surface area contributed by atoms with Crippen LogP contribution in [0.5, 0.6) is 5.75 Å². The Morgan fingerprint density at radius 1 is 1.26 bits per heavy atom. The van der Waals surface area contributed by atoms with Crippen molar-refractivity contribution in [3.8, 4) is 5.75 Å². The molecule has 0 radical (unpaired) electrons. The largest absolute Gasteiger partial charge is 0.573 e. The fourth-order valence-electron chi connectivity index (χ4n) is 2.26. The second-order valence-electron chi connectivity index (χ2n) is 6.38. The van der Waals surface area contributed by atoms with Crippen molar-refractivity contribution in [2.24, 2.45) is 10.7 Å². The maximum atomic E-state index is 12.4. The van der Waals surface area contributed by atoms with Gasteiger partial charge in [0, 0.05) is 11.5 Å². The third-order valence-corrected chi connectivity index (χ3v) is 3.11. The van der Waals surface area contributed by atoms with Crippen LogP contribution in [0.4, 0.5) is 13.2 Å². The van der Waals surface area contributed by atoms with Gasteiger partial charge in [-0.1, -0.05) is 18.2 Å². The molecule has 1 fully saturated rings. The van der Waals surface area contributed by atoms with E-state index in [2.05, 4.69) is 15.0 Å². The van der Waals surface area contributed by atoms with Crippen molar-refractivity contribution in [1.29, 1.82) is 0 Å². The molecular weight excluding hydrogens is 422 g/mol. The van der Waals surface area contributed by atoms with Crippen molar-refractivity contribution in [2.75, 3.05) is 0 Å². The van der Waals surface area contributed by atoms with E-state index in [4.69, 9.17) is 5.73 Å². The molecule has 3 N–H and O–H groups in total. The van der Waals surface area contributed by atoms with Gasteiger partial charge < -0.3 is 15.8 Å². The number of benzene rings is 1. The maximum Gasteiger partial charge on any atom is 0.573 e. The molecule has 2 rings (SSSR count). The van der Waals surface area contributed by atoms with Crippen molar-refractivity contribution in [2.45, 2.75) is 51.1 Å². The Balaban J connectivity index is 0.00000264. The second-order valence-corrected chi connectivity index (χ2v) is 6.38. The predicted molar refractivity (Wildman–Crippen MR) is 94.2 cm³/mol. The monoisotopic (exact) mass is 443 g/mol. The summed E-state index contributed by atoms with van der Waals surface area (Å²) in [5, 5.41) is 3.03. The molecule has 1 saturated carbocycles. The van der Waals surface area contributed by atoms with Gasteiger partial charge in [0.05, 0.1) is 6.04 Å². The van der Waals surface area contributed by atoms with Gasteiger partial charge in [-0.05, 0) is 38.8 Å². The lowest BCUT2D eigenvalue weighted by Crippen LogP contribution is -2.45. The van der Waals surface area contributed by atoms with Gasteiger partial charge in [-0.25, -0.2) is 4.99 Å². The highest BCUT2D eigenvalue weighted by molar-refractivity contribution is 14.0. The van der Waals surface area contributed by atoms with Crippen LogP contribution in [0.2, 0.25) is 0 Å². The minimum absolute atomic E-state index is 0. The van der Waals surface area contributed by atoms with Gasteiger partial charge in [0.1, 0.15) is 5.75 Å². The molecule has 23 heavy (non-hydrogen) atoms. The van der Waals surface area contributed by atoms with Gasteiger partial charge in [-0.2, -0.15) is 0 Å². The molecule has 0 spiro atoms.